The minimum Gasteiger partial charge on any atom is -0.312 e. The molecule has 0 radical (unpaired) electrons. The molecule has 0 aromatic carbocycles. The Kier molecular flexibility index (Phi) is 5.08. The molecule has 2 nitrogen and oxygen atoms in total. The standard InChI is InChI=1S/C16H32N2/c1-4-14(2)18(3)13-12-17-15-8-11-16(15)9-6-5-7-10-16/h14-15,17H,4-13H2,1-3H3. The van der Waals surface area contributed by atoms with Gasteiger partial charge >= 0.3 is 0 Å². The molecular weight excluding hydrogens is 220 g/mol. The number of rotatable bonds is 6. The fraction of sp³-hybridized carbons (Fsp3) is 1.00. The summed E-state index contributed by atoms with van der Waals surface area (Å²) in [6.07, 6.45) is 11.6. The van der Waals surface area contributed by atoms with E-state index in [-0.39, 0.29) is 0 Å². The predicted octanol–water partition coefficient (Wildman–Crippen LogP) is 3.42. The summed E-state index contributed by atoms with van der Waals surface area (Å²) in [6.45, 7) is 6.97. The third kappa shape index (κ3) is 3.08. The first-order chi connectivity index (χ1) is 8.68. The number of hydrogen-bond donors (Lipinski definition) is 1. The Balaban J connectivity index is 1.68. The lowest BCUT2D eigenvalue weighted by Gasteiger charge is -2.52. The molecule has 0 bridgehead atoms. The lowest BCUT2D eigenvalue weighted by atomic mass is 9.57. The zero-order valence-electron chi connectivity index (χ0n) is 12.7. The highest BCUT2D eigenvalue weighted by Gasteiger charge is 2.46. The number of nitrogens with zero attached hydrogens (tertiary/aromatic N) is 1. The first-order valence-electron chi connectivity index (χ1n) is 8.11. The summed E-state index contributed by atoms with van der Waals surface area (Å²) in [5.41, 5.74) is 0.715. The Bertz CT molecular complexity index is 245. The van der Waals surface area contributed by atoms with E-state index in [2.05, 4.69) is 31.1 Å². The van der Waals surface area contributed by atoms with Crippen LogP contribution in [0, 0.1) is 5.41 Å². The van der Waals surface area contributed by atoms with Crippen molar-refractivity contribution in [2.75, 3.05) is 20.1 Å². The Morgan fingerprint density at radius 2 is 1.94 bits per heavy atom. The van der Waals surface area contributed by atoms with Crippen LogP contribution >= 0.6 is 0 Å². The van der Waals surface area contributed by atoms with Crippen LogP contribution in [-0.4, -0.2) is 37.1 Å². The summed E-state index contributed by atoms with van der Waals surface area (Å²) in [5, 5.41) is 3.85. The van der Waals surface area contributed by atoms with Crippen LogP contribution in [0.1, 0.15) is 65.2 Å². The second kappa shape index (κ2) is 6.38. The molecule has 0 aromatic rings. The number of likely N-dealkylation sites (N-methyl/N-ethyl adjacent to an activating group) is 1. The van der Waals surface area contributed by atoms with Gasteiger partial charge in [0.05, 0.1) is 0 Å². The maximum atomic E-state index is 3.85. The summed E-state index contributed by atoms with van der Waals surface area (Å²) in [7, 11) is 2.26. The fourth-order valence-corrected chi connectivity index (χ4v) is 3.82. The van der Waals surface area contributed by atoms with Gasteiger partial charge in [-0.05, 0) is 51.5 Å². The molecule has 0 heterocycles. The predicted molar refractivity (Wildman–Crippen MR) is 78.9 cm³/mol. The summed E-state index contributed by atoms with van der Waals surface area (Å²) >= 11 is 0. The first kappa shape index (κ1) is 14.3. The molecule has 1 N–H and O–H groups in total. The third-order valence-electron chi connectivity index (χ3n) is 5.72. The zero-order chi connectivity index (χ0) is 13.0. The average Bonchev–Trinajstić information content (AvgIpc) is 2.42. The van der Waals surface area contributed by atoms with Crippen molar-refractivity contribution in [1.82, 2.24) is 10.2 Å². The maximum Gasteiger partial charge on any atom is 0.0124 e. The molecular formula is C16H32N2. The van der Waals surface area contributed by atoms with E-state index in [4.69, 9.17) is 0 Å². The summed E-state index contributed by atoms with van der Waals surface area (Å²) in [5.74, 6) is 0. The lowest BCUT2D eigenvalue weighted by Crippen LogP contribution is -2.55. The van der Waals surface area contributed by atoms with Crippen molar-refractivity contribution in [1.29, 1.82) is 0 Å². The second-order valence-corrected chi connectivity index (χ2v) is 6.71. The van der Waals surface area contributed by atoms with Crippen molar-refractivity contribution >= 4 is 0 Å². The average molecular weight is 252 g/mol. The van der Waals surface area contributed by atoms with Crippen LogP contribution < -0.4 is 5.32 Å². The highest BCUT2D eigenvalue weighted by Crippen LogP contribution is 2.51. The van der Waals surface area contributed by atoms with Crippen LogP contribution in [0.15, 0.2) is 0 Å². The minimum atomic E-state index is 0.715. The zero-order valence-corrected chi connectivity index (χ0v) is 12.7. The Hall–Kier alpha value is -0.0800. The van der Waals surface area contributed by atoms with Gasteiger partial charge in [0.15, 0.2) is 0 Å². The molecule has 2 saturated carbocycles. The summed E-state index contributed by atoms with van der Waals surface area (Å²) in [6, 6.07) is 1.56. The highest BCUT2D eigenvalue weighted by atomic mass is 15.1. The van der Waals surface area contributed by atoms with E-state index in [9.17, 15) is 0 Å². The van der Waals surface area contributed by atoms with Crippen LogP contribution in [0.5, 0.6) is 0 Å². The van der Waals surface area contributed by atoms with Crippen LogP contribution in [0.4, 0.5) is 0 Å². The van der Waals surface area contributed by atoms with Gasteiger partial charge in [0.1, 0.15) is 0 Å². The highest BCUT2D eigenvalue weighted by molar-refractivity contribution is 5.01. The largest absolute Gasteiger partial charge is 0.312 e. The Morgan fingerprint density at radius 3 is 2.50 bits per heavy atom. The van der Waals surface area contributed by atoms with Crippen LogP contribution in [0.25, 0.3) is 0 Å². The molecule has 2 fully saturated rings. The van der Waals surface area contributed by atoms with Gasteiger partial charge in [-0.3, -0.25) is 0 Å². The van der Waals surface area contributed by atoms with E-state index in [0.717, 1.165) is 12.1 Å². The molecule has 0 amide bonds. The fourth-order valence-electron chi connectivity index (χ4n) is 3.82. The van der Waals surface area contributed by atoms with E-state index in [1.807, 2.05) is 0 Å². The quantitative estimate of drug-likeness (QED) is 0.779. The van der Waals surface area contributed by atoms with Crippen molar-refractivity contribution < 1.29 is 0 Å². The molecule has 1 spiro atoms. The van der Waals surface area contributed by atoms with Gasteiger partial charge in [0.25, 0.3) is 0 Å². The molecule has 106 valence electrons. The number of nitrogens with one attached hydrogen (secondary N) is 1. The molecule has 2 rings (SSSR count). The molecule has 0 aliphatic heterocycles. The second-order valence-electron chi connectivity index (χ2n) is 6.71. The molecule has 0 aromatic heterocycles. The van der Waals surface area contributed by atoms with Gasteiger partial charge in [-0.2, -0.15) is 0 Å². The normalized spacial score (nSPS) is 28.3. The van der Waals surface area contributed by atoms with Gasteiger partial charge in [0.2, 0.25) is 0 Å². The van der Waals surface area contributed by atoms with Crippen molar-refractivity contribution in [2.24, 2.45) is 5.41 Å². The first-order valence-corrected chi connectivity index (χ1v) is 8.11. The van der Waals surface area contributed by atoms with Gasteiger partial charge in [0, 0.05) is 25.2 Å². The van der Waals surface area contributed by atoms with E-state index in [1.165, 1.54) is 64.5 Å². The topological polar surface area (TPSA) is 15.3 Å². The molecule has 2 aliphatic rings. The Labute approximate surface area is 114 Å². The van der Waals surface area contributed by atoms with Crippen molar-refractivity contribution in [3.63, 3.8) is 0 Å². The van der Waals surface area contributed by atoms with Crippen LogP contribution in [0.3, 0.4) is 0 Å². The van der Waals surface area contributed by atoms with Crippen molar-refractivity contribution in [3.8, 4) is 0 Å². The van der Waals surface area contributed by atoms with Crippen LogP contribution in [0.2, 0.25) is 0 Å². The molecule has 18 heavy (non-hydrogen) atoms. The Morgan fingerprint density at radius 1 is 1.22 bits per heavy atom. The maximum absolute atomic E-state index is 3.85. The van der Waals surface area contributed by atoms with Gasteiger partial charge in [-0.25, -0.2) is 0 Å². The molecule has 2 unspecified atom stereocenters. The van der Waals surface area contributed by atoms with Crippen molar-refractivity contribution in [3.05, 3.63) is 0 Å². The molecule has 2 heteroatoms. The van der Waals surface area contributed by atoms with E-state index in [0.29, 0.717) is 5.41 Å². The number of hydrogen-bond acceptors (Lipinski definition) is 2. The molecule has 0 saturated heterocycles. The van der Waals surface area contributed by atoms with E-state index >= 15 is 0 Å². The summed E-state index contributed by atoms with van der Waals surface area (Å²) < 4.78 is 0. The van der Waals surface area contributed by atoms with E-state index < -0.39 is 0 Å². The van der Waals surface area contributed by atoms with E-state index in [1.54, 1.807) is 0 Å². The van der Waals surface area contributed by atoms with Crippen LogP contribution in [-0.2, 0) is 0 Å². The SMILES string of the molecule is CCC(C)N(C)CCNC1CCC12CCCCC2. The minimum absolute atomic E-state index is 0.715. The molecule has 2 aliphatic carbocycles. The van der Waals surface area contributed by atoms with Gasteiger partial charge in [-0.15, -0.1) is 0 Å². The van der Waals surface area contributed by atoms with Crippen molar-refractivity contribution in [2.45, 2.75) is 77.3 Å². The van der Waals surface area contributed by atoms with Gasteiger partial charge < -0.3 is 10.2 Å². The summed E-state index contributed by atoms with van der Waals surface area (Å²) in [4.78, 5) is 2.49. The van der Waals surface area contributed by atoms with Gasteiger partial charge in [-0.1, -0.05) is 26.2 Å². The molecule has 2 atom stereocenters. The monoisotopic (exact) mass is 252 g/mol. The third-order valence-corrected chi connectivity index (χ3v) is 5.72. The lowest BCUT2D eigenvalue weighted by molar-refractivity contribution is 0.0219. The smallest absolute Gasteiger partial charge is 0.0124 e.